The maximum Gasteiger partial charge on any atom is 0.0284 e. The SMILES string of the molecule is CSC1(CN2CCC(NC(C)C)C2)CCC1. The van der Waals surface area contributed by atoms with E-state index in [2.05, 4.69) is 42.1 Å². The van der Waals surface area contributed by atoms with Crippen LogP contribution < -0.4 is 5.32 Å². The summed E-state index contributed by atoms with van der Waals surface area (Å²) >= 11 is 2.10. The molecule has 1 atom stereocenters. The summed E-state index contributed by atoms with van der Waals surface area (Å²) in [6, 6.07) is 1.36. The molecule has 94 valence electrons. The molecule has 0 aromatic rings. The van der Waals surface area contributed by atoms with Crippen molar-refractivity contribution in [1.82, 2.24) is 10.2 Å². The molecule has 1 saturated carbocycles. The van der Waals surface area contributed by atoms with Crippen molar-refractivity contribution in [2.45, 2.75) is 56.4 Å². The first-order valence-corrected chi connectivity index (χ1v) is 7.90. The van der Waals surface area contributed by atoms with Crippen LogP contribution in [0.4, 0.5) is 0 Å². The zero-order chi connectivity index (χ0) is 11.6. The van der Waals surface area contributed by atoms with Crippen molar-refractivity contribution < 1.29 is 0 Å². The lowest BCUT2D eigenvalue weighted by atomic mass is 9.84. The van der Waals surface area contributed by atoms with Gasteiger partial charge in [-0.05, 0) is 32.1 Å². The van der Waals surface area contributed by atoms with Crippen molar-refractivity contribution in [2.75, 3.05) is 25.9 Å². The van der Waals surface area contributed by atoms with E-state index in [0.717, 1.165) is 6.04 Å². The van der Waals surface area contributed by atoms with E-state index in [0.29, 0.717) is 10.8 Å². The third-order valence-electron chi connectivity index (χ3n) is 4.05. The number of thioether (sulfide) groups is 1. The van der Waals surface area contributed by atoms with Crippen LogP contribution in [0.2, 0.25) is 0 Å². The second-order valence-electron chi connectivity index (χ2n) is 5.78. The van der Waals surface area contributed by atoms with Crippen LogP contribution in [-0.4, -0.2) is 47.6 Å². The summed E-state index contributed by atoms with van der Waals surface area (Å²) in [7, 11) is 0. The van der Waals surface area contributed by atoms with E-state index in [1.807, 2.05) is 0 Å². The second-order valence-corrected chi connectivity index (χ2v) is 7.06. The average Bonchev–Trinajstić information content (AvgIpc) is 2.58. The van der Waals surface area contributed by atoms with Gasteiger partial charge in [0.05, 0.1) is 0 Å². The molecular formula is C13H26N2S. The fourth-order valence-corrected chi connectivity index (χ4v) is 4.00. The van der Waals surface area contributed by atoms with Gasteiger partial charge in [-0.2, -0.15) is 11.8 Å². The summed E-state index contributed by atoms with van der Waals surface area (Å²) in [6.45, 7) is 8.38. The van der Waals surface area contributed by atoms with Crippen LogP contribution in [0.3, 0.4) is 0 Å². The highest BCUT2D eigenvalue weighted by atomic mass is 32.2. The zero-order valence-corrected chi connectivity index (χ0v) is 11.8. The van der Waals surface area contributed by atoms with Crippen molar-refractivity contribution in [3.63, 3.8) is 0 Å². The number of hydrogen-bond donors (Lipinski definition) is 1. The minimum atomic E-state index is 0.618. The molecule has 1 heterocycles. The predicted octanol–water partition coefficient (Wildman–Crippen LogP) is 2.34. The quantitative estimate of drug-likeness (QED) is 0.797. The summed E-state index contributed by atoms with van der Waals surface area (Å²) in [5.74, 6) is 0. The maximum atomic E-state index is 3.66. The highest BCUT2D eigenvalue weighted by molar-refractivity contribution is 8.00. The number of hydrogen-bond acceptors (Lipinski definition) is 3. The van der Waals surface area contributed by atoms with Crippen molar-refractivity contribution >= 4 is 11.8 Å². The maximum absolute atomic E-state index is 3.66. The van der Waals surface area contributed by atoms with Gasteiger partial charge < -0.3 is 10.2 Å². The minimum absolute atomic E-state index is 0.618. The number of nitrogens with one attached hydrogen (secondary N) is 1. The Labute approximate surface area is 105 Å². The van der Waals surface area contributed by atoms with Gasteiger partial charge >= 0.3 is 0 Å². The van der Waals surface area contributed by atoms with Gasteiger partial charge in [-0.15, -0.1) is 0 Å². The van der Waals surface area contributed by atoms with Crippen molar-refractivity contribution in [1.29, 1.82) is 0 Å². The first-order valence-electron chi connectivity index (χ1n) is 6.67. The first-order chi connectivity index (χ1) is 7.63. The summed E-state index contributed by atoms with van der Waals surface area (Å²) < 4.78 is 0.618. The van der Waals surface area contributed by atoms with Gasteiger partial charge in [0.2, 0.25) is 0 Å². The lowest BCUT2D eigenvalue weighted by Crippen LogP contribution is -2.46. The predicted molar refractivity (Wildman–Crippen MR) is 73.2 cm³/mol. The highest BCUT2D eigenvalue weighted by Crippen LogP contribution is 2.43. The smallest absolute Gasteiger partial charge is 0.0284 e. The molecule has 2 fully saturated rings. The normalized spacial score (nSPS) is 29.6. The molecule has 2 nitrogen and oxygen atoms in total. The topological polar surface area (TPSA) is 15.3 Å². The Hall–Kier alpha value is 0.270. The molecule has 1 unspecified atom stereocenters. The van der Waals surface area contributed by atoms with E-state index in [-0.39, 0.29) is 0 Å². The highest BCUT2D eigenvalue weighted by Gasteiger charge is 2.39. The summed E-state index contributed by atoms with van der Waals surface area (Å²) in [5, 5.41) is 3.66. The van der Waals surface area contributed by atoms with Gasteiger partial charge in [-0.1, -0.05) is 20.3 Å². The molecule has 1 N–H and O–H groups in total. The van der Waals surface area contributed by atoms with E-state index >= 15 is 0 Å². The van der Waals surface area contributed by atoms with Gasteiger partial charge in [-0.25, -0.2) is 0 Å². The van der Waals surface area contributed by atoms with E-state index < -0.39 is 0 Å². The molecule has 0 bridgehead atoms. The minimum Gasteiger partial charge on any atom is -0.310 e. The van der Waals surface area contributed by atoms with Crippen molar-refractivity contribution in [2.24, 2.45) is 0 Å². The summed E-state index contributed by atoms with van der Waals surface area (Å²) in [4.78, 5) is 2.68. The first kappa shape index (κ1) is 12.7. The molecule has 1 aliphatic carbocycles. The van der Waals surface area contributed by atoms with Crippen LogP contribution in [0.1, 0.15) is 39.5 Å². The van der Waals surface area contributed by atoms with Crippen LogP contribution in [0.5, 0.6) is 0 Å². The molecule has 1 aliphatic heterocycles. The molecule has 0 aromatic carbocycles. The molecule has 2 rings (SSSR count). The molecule has 0 radical (unpaired) electrons. The lowest BCUT2D eigenvalue weighted by molar-refractivity contribution is 0.230. The van der Waals surface area contributed by atoms with E-state index in [9.17, 15) is 0 Å². The van der Waals surface area contributed by atoms with Crippen LogP contribution in [-0.2, 0) is 0 Å². The summed E-state index contributed by atoms with van der Waals surface area (Å²) in [5.41, 5.74) is 0. The summed E-state index contributed by atoms with van der Waals surface area (Å²) in [6.07, 6.45) is 7.95. The Morgan fingerprint density at radius 2 is 2.19 bits per heavy atom. The van der Waals surface area contributed by atoms with Crippen LogP contribution in [0.25, 0.3) is 0 Å². The zero-order valence-electron chi connectivity index (χ0n) is 11.0. The Morgan fingerprint density at radius 1 is 1.44 bits per heavy atom. The molecule has 0 amide bonds. The number of likely N-dealkylation sites (tertiary alicyclic amines) is 1. The van der Waals surface area contributed by atoms with Gasteiger partial charge in [0, 0.05) is 29.9 Å². The molecule has 16 heavy (non-hydrogen) atoms. The molecule has 0 aromatic heterocycles. The van der Waals surface area contributed by atoms with Crippen LogP contribution in [0.15, 0.2) is 0 Å². The monoisotopic (exact) mass is 242 g/mol. The van der Waals surface area contributed by atoms with Gasteiger partial charge in [0.15, 0.2) is 0 Å². The third kappa shape index (κ3) is 2.93. The Balaban J connectivity index is 1.76. The third-order valence-corrected chi connectivity index (χ3v) is 5.45. The Kier molecular flexibility index (Phi) is 4.20. The second kappa shape index (κ2) is 5.28. The van der Waals surface area contributed by atoms with Gasteiger partial charge in [0.25, 0.3) is 0 Å². The fraction of sp³-hybridized carbons (Fsp3) is 1.00. The van der Waals surface area contributed by atoms with E-state index in [1.165, 1.54) is 45.3 Å². The Bertz CT molecular complexity index is 220. The molecule has 1 saturated heterocycles. The fourth-order valence-electron chi connectivity index (χ4n) is 2.99. The van der Waals surface area contributed by atoms with Gasteiger partial charge in [-0.3, -0.25) is 0 Å². The standard InChI is InChI=1S/C13H26N2S/c1-11(2)14-12-5-8-15(9-12)10-13(16-3)6-4-7-13/h11-12,14H,4-10H2,1-3H3. The van der Waals surface area contributed by atoms with Crippen molar-refractivity contribution in [3.05, 3.63) is 0 Å². The van der Waals surface area contributed by atoms with Crippen LogP contribution in [0, 0.1) is 0 Å². The number of rotatable bonds is 5. The lowest BCUT2D eigenvalue weighted by Gasteiger charge is -2.43. The molecule has 2 aliphatic rings. The molecular weight excluding hydrogens is 216 g/mol. The van der Waals surface area contributed by atoms with Crippen LogP contribution >= 0.6 is 11.8 Å². The number of nitrogens with zero attached hydrogens (tertiary/aromatic N) is 1. The van der Waals surface area contributed by atoms with Crippen molar-refractivity contribution in [3.8, 4) is 0 Å². The van der Waals surface area contributed by atoms with Gasteiger partial charge in [0.1, 0.15) is 0 Å². The molecule has 3 heteroatoms. The van der Waals surface area contributed by atoms with E-state index in [1.54, 1.807) is 0 Å². The molecule has 0 spiro atoms. The Morgan fingerprint density at radius 3 is 2.69 bits per heavy atom. The largest absolute Gasteiger partial charge is 0.310 e. The average molecular weight is 242 g/mol. The van der Waals surface area contributed by atoms with E-state index in [4.69, 9.17) is 0 Å².